The highest BCUT2D eigenvalue weighted by Crippen LogP contribution is 2.30. The monoisotopic (exact) mass is 228 g/mol. The Morgan fingerprint density at radius 2 is 1.73 bits per heavy atom. The van der Waals surface area contributed by atoms with Crippen molar-refractivity contribution in [3.8, 4) is 0 Å². The van der Waals surface area contributed by atoms with Gasteiger partial charge in [-0.3, -0.25) is 4.79 Å². The summed E-state index contributed by atoms with van der Waals surface area (Å²) in [5.74, 6) is 0.102. The lowest BCUT2D eigenvalue weighted by atomic mass is 9.81. The lowest BCUT2D eigenvalue weighted by molar-refractivity contribution is -0.140. The van der Waals surface area contributed by atoms with Gasteiger partial charge in [-0.05, 0) is 12.8 Å². The fraction of sp³-hybridized carbons (Fsp3) is 0.917. The fourth-order valence-electron chi connectivity index (χ4n) is 2.14. The first kappa shape index (κ1) is 12.9. The van der Waals surface area contributed by atoms with Crippen LogP contribution in [0.15, 0.2) is 0 Å². The standard InChI is InChI=1S/C12H24O2Si/c1-15(2,3)10-7-11(13)12(14)8-5-4-6-9-12/h14H,4-10H2,1-3H3. The van der Waals surface area contributed by atoms with Crippen LogP contribution in [0.3, 0.4) is 0 Å². The van der Waals surface area contributed by atoms with Crippen molar-refractivity contribution >= 4 is 13.9 Å². The molecular weight excluding hydrogens is 204 g/mol. The zero-order valence-electron chi connectivity index (χ0n) is 10.3. The second-order valence-corrected chi connectivity index (χ2v) is 11.7. The third-order valence-corrected chi connectivity index (χ3v) is 5.05. The predicted octanol–water partition coefficient (Wildman–Crippen LogP) is 2.98. The van der Waals surface area contributed by atoms with Crippen LogP contribution in [0.4, 0.5) is 0 Å². The van der Waals surface area contributed by atoms with Crippen LogP contribution in [0.5, 0.6) is 0 Å². The Morgan fingerprint density at radius 3 is 2.20 bits per heavy atom. The number of carbonyl (C=O) groups excluding carboxylic acids is 1. The highest BCUT2D eigenvalue weighted by molar-refractivity contribution is 6.76. The zero-order valence-corrected chi connectivity index (χ0v) is 11.3. The number of Topliss-reactive ketones (excluding diaryl/α,β-unsaturated/α-hetero) is 1. The molecule has 3 heteroatoms. The molecule has 0 spiro atoms. The molecule has 0 heterocycles. The Hall–Kier alpha value is -0.153. The van der Waals surface area contributed by atoms with E-state index in [9.17, 15) is 9.90 Å². The van der Waals surface area contributed by atoms with Gasteiger partial charge in [0.05, 0.1) is 0 Å². The van der Waals surface area contributed by atoms with Gasteiger partial charge in [0.15, 0.2) is 5.78 Å². The second kappa shape index (κ2) is 4.79. The molecule has 1 saturated carbocycles. The molecule has 15 heavy (non-hydrogen) atoms. The smallest absolute Gasteiger partial charge is 0.164 e. The van der Waals surface area contributed by atoms with E-state index < -0.39 is 13.7 Å². The summed E-state index contributed by atoms with van der Waals surface area (Å²) in [6.45, 7) is 6.81. The van der Waals surface area contributed by atoms with Crippen molar-refractivity contribution in [2.45, 2.75) is 69.8 Å². The van der Waals surface area contributed by atoms with Crippen molar-refractivity contribution in [2.24, 2.45) is 0 Å². The molecule has 1 aliphatic rings. The average molecular weight is 228 g/mol. The van der Waals surface area contributed by atoms with E-state index in [1.54, 1.807) is 0 Å². The minimum Gasteiger partial charge on any atom is -0.382 e. The molecular formula is C12H24O2Si. The van der Waals surface area contributed by atoms with Crippen LogP contribution in [0.25, 0.3) is 0 Å². The van der Waals surface area contributed by atoms with Crippen molar-refractivity contribution in [2.75, 3.05) is 0 Å². The number of hydrogen-bond acceptors (Lipinski definition) is 2. The summed E-state index contributed by atoms with van der Waals surface area (Å²) < 4.78 is 0. The van der Waals surface area contributed by atoms with E-state index in [-0.39, 0.29) is 5.78 Å². The molecule has 0 aromatic heterocycles. The van der Waals surface area contributed by atoms with Crippen LogP contribution in [0, 0.1) is 0 Å². The summed E-state index contributed by atoms with van der Waals surface area (Å²) in [7, 11) is -1.15. The van der Waals surface area contributed by atoms with Crippen LogP contribution >= 0.6 is 0 Å². The van der Waals surface area contributed by atoms with Gasteiger partial charge in [0.25, 0.3) is 0 Å². The quantitative estimate of drug-likeness (QED) is 0.751. The maximum atomic E-state index is 11.9. The molecule has 0 radical (unpaired) electrons. The molecule has 0 bridgehead atoms. The van der Waals surface area contributed by atoms with Gasteiger partial charge in [0, 0.05) is 14.5 Å². The van der Waals surface area contributed by atoms with Crippen LogP contribution in [-0.2, 0) is 4.79 Å². The molecule has 2 nitrogen and oxygen atoms in total. The van der Waals surface area contributed by atoms with Crippen molar-refractivity contribution in [3.05, 3.63) is 0 Å². The number of hydrogen-bond donors (Lipinski definition) is 1. The minimum atomic E-state index is -1.15. The van der Waals surface area contributed by atoms with Gasteiger partial charge in [-0.1, -0.05) is 44.9 Å². The van der Waals surface area contributed by atoms with E-state index in [2.05, 4.69) is 19.6 Å². The molecule has 0 aromatic carbocycles. The Kier molecular flexibility index (Phi) is 4.12. The first-order valence-corrected chi connectivity index (χ1v) is 9.80. The first-order valence-electron chi connectivity index (χ1n) is 6.09. The lowest BCUT2D eigenvalue weighted by Gasteiger charge is -2.31. The van der Waals surface area contributed by atoms with E-state index in [1.807, 2.05) is 0 Å². The number of ketones is 1. The summed E-state index contributed by atoms with van der Waals surface area (Å²) in [6.07, 6.45) is 5.16. The van der Waals surface area contributed by atoms with Gasteiger partial charge in [-0.25, -0.2) is 0 Å². The van der Waals surface area contributed by atoms with E-state index in [0.717, 1.165) is 18.9 Å². The highest BCUT2D eigenvalue weighted by atomic mass is 28.3. The van der Waals surface area contributed by atoms with Crippen LogP contribution in [0.1, 0.15) is 38.5 Å². The molecule has 1 rings (SSSR count). The summed E-state index contributed by atoms with van der Waals surface area (Å²) in [5, 5.41) is 10.2. The SMILES string of the molecule is C[Si](C)(C)CCC(=O)C1(O)CCCCC1. The lowest BCUT2D eigenvalue weighted by Crippen LogP contribution is -2.41. The van der Waals surface area contributed by atoms with Crippen molar-refractivity contribution in [1.82, 2.24) is 0 Å². The molecule has 1 N–H and O–H groups in total. The van der Waals surface area contributed by atoms with Crippen molar-refractivity contribution in [3.63, 3.8) is 0 Å². The van der Waals surface area contributed by atoms with E-state index in [0.29, 0.717) is 19.3 Å². The summed E-state index contributed by atoms with van der Waals surface area (Å²) in [4.78, 5) is 11.9. The van der Waals surface area contributed by atoms with Gasteiger partial charge in [-0.2, -0.15) is 0 Å². The van der Waals surface area contributed by atoms with Crippen LogP contribution < -0.4 is 0 Å². The van der Waals surface area contributed by atoms with Crippen molar-refractivity contribution < 1.29 is 9.90 Å². The highest BCUT2D eigenvalue weighted by Gasteiger charge is 2.36. The molecule has 0 aromatic rings. The van der Waals surface area contributed by atoms with Gasteiger partial charge in [0.1, 0.15) is 5.60 Å². The third-order valence-electron chi connectivity index (χ3n) is 3.30. The average Bonchev–Trinajstić information content (AvgIpc) is 2.14. The number of rotatable bonds is 4. The predicted molar refractivity (Wildman–Crippen MR) is 65.8 cm³/mol. The van der Waals surface area contributed by atoms with Gasteiger partial charge in [0.2, 0.25) is 0 Å². The largest absolute Gasteiger partial charge is 0.382 e. The molecule has 0 saturated heterocycles. The maximum absolute atomic E-state index is 11.9. The number of aliphatic hydroxyl groups is 1. The summed E-state index contributed by atoms with van der Waals surface area (Å²) >= 11 is 0. The maximum Gasteiger partial charge on any atom is 0.164 e. The van der Waals surface area contributed by atoms with E-state index in [4.69, 9.17) is 0 Å². The van der Waals surface area contributed by atoms with Crippen molar-refractivity contribution in [1.29, 1.82) is 0 Å². The Morgan fingerprint density at radius 1 is 1.20 bits per heavy atom. The summed E-state index contributed by atoms with van der Waals surface area (Å²) in [5.41, 5.74) is -0.960. The third kappa shape index (κ3) is 4.07. The summed E-state index contributed by atoms with van der Waals surface area (Å²) in [6, 6.07) is 1.01. The fourth-order valence-corrected chi connectivity index (χ4v) is 3.11. The Labute approximate surface area is 94.1 Å². The first-order chi connectivity index (χ1) is 6.83. The van der Waals surface area contributed by atoms with E-state index in [1.165, 1.54) is 6.42 Å². The zero-order chi connectivity index (χ0) is 11.5. The van der Waals surface area contributed by atoms with Crippen LogP contribution in [-0.4, -0.2) is 24.6 Å². The Balaban J connectivity index is 2.45. The molecule has 0 amide bonds. The molecule has 0 unspecified atom stereocenters. The Bertz CT molecular complexity index is 224. The van der Waals surface area contributed by atoms with Crippen LogP contribution in [0.2, 0.25) is 25.7 Å². The van der Waals surface area contributed by atoms with Gasteiger partial charge < -0.3 is 5.11 Å². The van der Waals surface area contributed by atoms with Gasteiger partial charge >= 0.3 is 0 Å². The molecule has 0 atom stereocenters. The molecule has 88 valence electrons. The number of carbonyl (C=O) groups is 1. The second-order valence-electron chi connectivity index (χ2n) is 6.08. The molecule has 0 aliphatic heterocycles. The van der Waals surface area contributed by atoms with E-state index >= 15 is 0 Å². The normalized spacial score (nSPS) is 21.3. The minimum absolute atomic E-state index is 0.102. The molecule has 1 fully saturated rings. The van der Waals surface area contributed by atoms with Gasteiger partial charge in [-0.15, -0.1) is 0 Å². The molecule has 1 aliphatic carbocycles. The topological polar surface area (TPSA) is 37.3 Å².